The zero-order valence-corrected chi connectivity index (χ0v) is 21.4. The predicted octanol–water partition coefficient (Wildman–Crippen LogP) is 5.35. The van der Waals surface area contributed by atoms with Crippen molar-refractivity contribution in [3.63, 3.8) is 0 Å². The molecule has 8 heteroatoms. The Labute approximate surface area is 215 Å². The van der Waals surface area contributed by atoms with E-state index < -0.39 is 12.0 Å². The molecule has 0 saturated heterocycles. The molecule has 1 unspecified atom stereocenters. The molecule has 0 fully saturated rings. The fourth-order valence-corrected chi connectivity index (χ4v) is 4.16. The first kappa shape index (κ1) is 25.6. The number of nitrogens with one attached hydrogen (secondary N) is 1. The van der Waals surface area contributed by atoms with E-state index in [1.165, 1.54) is 4.90 Å². The number of aromatic nitrogens is 2. The summed E-state index contributed by atoms with van der Waals surface area (Å²) < 4.78 is 6.62. The number of amides is 2. The molecule has 1 N–H and O–H groups in total. The van der Waals surface area contributed by atoms with Crippen molar-refractivity contribution in [1.82, 2.24) is 14.5 Å². The maximum atomic E-state index is 13.7. The molecule has 2 amide bonds. The highest BCUT2D eigenvalue weighted by molar-refractivity contribution is 5.92. The van der Waals surface area contributed by atoms with Crippen LogP contribution in [-0.2, 0) is 11.2 Å². The van der Waals surface area contributed by atoms with Gasteiger partial charge in [0.25, 0.3) is 5.56 Å². The number of nitrogens with zero attached hydrogens (tertiary/aromatic N) is 3. The minimum absolute atomic E-state index is 0.184. The summed E-state index contributed by atoms with van der Waals surface area (Å²) in [7, 11) is 1.66. The molecule has 37 heavy (non-hydrogen) atoms. The van der Waals surface area contributed by atoms with E-state index in [1.807, 2.05) is 50.2 Å². The van der Waals surface area contributed by atoms with Crippen LogP contribution in [0.15, 0.2) is 77.6 Å². The van der Waals surface area contributed by atoms with Gasteiger partial charge in [-0.1, -0.05) is 37.3 Å². The summed E-state index contributed by atoms with van der Waals surface area (Å²) in [5.41, 5.74) is 3.07. The van der Waals surface area contributed by atoms with Gasteiger partial charge in [0.05, 0.1) is 34.8 Å². The maximum absolute atomic E-state index is 13.7. The summed E-state index contributed by atoms with van der Waals surface area (Å²) in [4.78, 5) is 45.1. The predicted molar refractivity (Wildman–Crippen MR) is 144 cm³/mol. The molecular weight excluding hydrogens is 468 g/mol. The van der Waals surface area contributed by atoms with Crippen molar-refractivity contribution in [1.29, 1.82) is 0 Å². The number of anilines is 1. The van der Waals surface area contributed by atoms with Crippen LogP contribution in [0, 0.1) is 0 Å². The Kier molecular flexibility index (Phi) is 7.67. The van der Waals surface area contributed by atoms with Gasteiger partial charge in [0, 0.05) is 12.7 Å². The summed E-state index contributed by atoms with van der Waals surface area (Å²) in [5, 5.41) is 3.36. The van der Waals surface area contributed by atoms with Crippen LogP contribution in [0.5, 0.6) is 0 Å². The molecule has 1 atom stereocenters. The molecule has 1 aromatic heterocycles. The highest BCUT2D eigenvalue weighted by Gasteiger charge is 2.25. The van der Waals surface area contributed by atoms with Gasteiger partial charge < -0.3 is 15.0 Å². The van der Waals surface area contributed by atoms with Crippen LogP contribution in [0.4, 0.5) is 10.5 Å². The molecular formula is C29H30N4O4. The molecule has 0 saturated carbocycles. The lowest BCUT2D eigenvalue weighted by atomic mass is 10.1. The normalized spacial score (nSPS) is 11.7. The van der Waals surface area contributed by atoms with E-state index in [2.05, 4.69) is 5.32 Å². The molecule has 4 aromatic rings. The van der Waals surface area contributed by atoms with E-state index in [4.69, 9.17) is 9.72 Å². The van der Waals surface area contributed by atoms with E-state index >= 15 is 0 Å². The van der Waals surface area contributed by atoms with Gasteiger partial charge in [0.2, 0.25) is 0 Å². The Bertz CT molecular complexity index is 1490. The monoisotopic (exact) mass is 498 g/mol. The Morgan fingerprint density at radius 1 is 1.00 bits per heavy atom. The van der Waals surface area contributed by atoms with Gasteiger partial charge in [0.1, 0.15) is 5.82 Å². The third-order valence-corrected chi connectivity index (χ3v) is 6.34. The van der Waals surface area contributed by atoms with Crippen molar-refractivity contribution < 1.29 is 14.3 Å². The number of hydrogen-bond donors (Lipinski definition) is 1. The largest absolute Gasteiger partial charge is 0.462 e. The van der Waals surface area contributed by atoms with Crippen LogP contribution < -0.4 is 10.9 Å². The Morgan fingerprint density at radius 3 is 2.38 bits per heavy atom. The number of carbonyl (C=O) groups excluding carboxylic acids is 2. The second-order valence-corrected chi connectivity index (χ2v) is 8.62. The van der Waals surface area contributed by atoms with Gasteiger partial charge in [-0.3, -0.25) is 9.36 Å². The summed E-state index contributed by atoms with van der Waals surface area (Å²) >= 11 is 0. The second kappa shape index (κ2) is 11.1. The first-order chi connectivity index (χ1) is 17.8. The number of ether oxygens (including phenoxy) is 1. The zero-order valence-electron chi connectivity index (χ0n) is 21.4. The molecule has 0 radical (unpaired) electrons. The van der Waals surface area contributed by atoms with Gasteiger partial charge in [-0.25, -0.2) is 14.6 Å². The molecule has 0 aliphatic rings. The average molecular weight is 499 g/mol. The van der Waals surface area contributed by atoms with Crippen molar-refractivity contribution in [2.45, 2.75) is 33.2 Å². The van der Waals surface area contributed by atoms with E-state index in [0.29, 0.717) is 28.0 Å². The van der Waals surface area contributed by atoms with Gasteiger partial charge >= 0.3 is 12.0 Å². The van der Waals surface area contributed by atoms with Crippen LogP contribution >= 0.6 is 0 Å². The Balaban J connectivity index is 1.69. The highest BCUT2D eigenvalue weighted by atomic mass is 16.5. The van der Waals surface area contributed by atoms with Gasteiger partial charge in [0.15, 0.2) is 0 Å². The van der Waals surface area contributed by atoms with Crippen molar-refractivity contribution in [3.05, 3.63) is 100 Å². The minimum Gasteiger partial charge on any atom is -0.462 e. The molecule has 1 heterocycles. The van der Waals surface area contributed by atoms with Crippen LogP contribution in [0.2, 0.25) is 0 Å². The number of fused-ring (bicyclic) bond motifs is 1. The van der Waals surface area contributed by atoms with E-state index in [0.717, 1.165) is 17.7 Å². The number of hydrogen-bond acceptors (Lipinski definition) is 5. The molecule has 8 nitrogen and oxygen atoms in total. The second-order valence-electron chi connectivity index (χ2n) is 8.62. The lowest BCUT2D eigenvalue weighted by Gasteiger charge is -2.27. The van der Waals surface area contributed by atoms with E-state index in [-0.39, 0.29) is 18.2 Å². The third kappa shape index (κ3) is 5.23. The quantitative estimate of drug-likeness (QED) is 0.347. The van der Waals surface area contributed by atoms with E-state index in [1.54, 1.807) is 54.9 Å². The average Bonchev–Trinajstić information content (AvgIpc) is 2.92. The van der Waals surface area contributed by atoms with Gasteiger partial charge in [-0.2, -0.15) is 0 Å². The summed E-state index contributed by atoms with van der Waals surface area (Å²) in [5.74, 6) is 0.0405. The fourth-order valence-electron chi connectivity index (χ4n) is 4.16. The van der Waals surface area contributed by atoms with Crippen LogP contribution in [0.3, 0.4) is 0 Å². The number of aryl methyl sites for hydroxylation is 1. The van der Waals surface area contributed by atoms with Crippen LogP contribution in [0.25, 0.3) is 16.6 Å². The maximum Gasteiger partial charge on any atom is 0.338 e. The van der Waals surface area contributed by atoms with Crippen molar-refractivity contribution in [3.8, 4) is 5.69 Å². The lowest BCUT2D eigenvalue weighted by Crippen LogP contribution is -2.37. The first-order valence-electron chi connectivity index (χ1n) is 12.3. The van der Waals surface area contributed by atoms with Crippen LogP contribution in [-0.4, -0.2) is 40.1 Å². The number of urea groups is 1. The number of rotatable bonds is 7. The lowest BCUT2D eigenvalue weighted by molar-refractivity contribution is 0.0526. The molecule has 0 bridgehead atoms. The summed E-state index contributed by atoms with van der Waals surface area (Å²) in [6.07, 6.45) is 0.737. The highest BCUT2D eigenvalue weighted by Crippen LogP contribution is 2.24. The van der Waals surface area contributed by atoms with Gasteiger partial charge in [-0.05, 0) is 68.3 Å². The zero-order chi connectivity index (χ0) is 26.5. The summed E-state index contributed by atoms with van der Waals surface area (Å²) in [6, 6.07) is 20.5. The first-order valence-corrected chi connectivity index (χ1v) is 12.3. The number of carbonyl (C=O) groups is 2. The van der Waals surface area contributed by atoms with E-state index in [9.17, 15) is 14.4 Å². The smallest absolute Gasteiger partial charge is 0.338 e. The Morgan fingerprint density at radius 2 is 1.68 bits per heavy atom. The van der Waals surface area contributed by atoms with Crippen molar-refractivity contribution in [2.75, 3.05) is 19.0 Å². The van der Waals surface area contributed by atoms with Crippen molar-refractivity contribution >= 4 is 28.6 Å². The standard InChI is InChI=1S/C29H30N4O4/c1-5-20-11-7-10-14-25(20)33-26(31-24-13-9-8-12-23(24)27(33)34)19(3)32(4)29(36)30-22-17-15-21(16-18-22)28(35)37-6-2/h7-19H,5-6H2,1-4H3,(H,30,36). The fraction of sp³-hybridized carbons (Fsp3) is 0.241. The van der Waals surface area contributed by atoms with Gasteiger partial charge in [-0.15, -0.1) is 0 Å². The van der Waals surface area contributed by atoms with Crippen molar-refractivity contribution in [2.24, 2.45) is 0 Å². The number of para-hydroxylation sites is 2. The minimum atomic E-state index is -0.541. The molecule has 4 rings (SSSR count). The molecule has 0 aliphatic heterocycles. The summed E-state index contributed by atoms with van der Waals surface area (Å²) in [6.45, 7) is 5.91. The molecule has 3 aromatic carbocycles. The number of esters is 1. The SMILES string of the molecule is CCOC(=O)c1ccc(NC(=O)N(C)C(C)c2nc3ccccc3c(=O)n2-c2ccccc2CC)cc1. The Hall–Kier alpha value is -4.46. The van der Waals surface area contributed by atoms with Crippen LogP contribution in [0.1, 0.15) is 48.6 Å². The molecule has 0 spiro atoms. The topological polar surface area (TPSA) is 93.5 Å². The molecule has 190 valence electrons. The molecule has 0 aliphatic carbocycles. The third-order valence-electron chi connectivity index (χ3n) is 6.34. The number of benzene rings is 3.